The number of halogens is 2. The minimum atomic E-state index is -0.861. The Morgan fingerprint density at radius 3 is 2.58 bits per heavy atom. The largest absolute Gasteiger partial charge is 0.496 e. The maximum atomic E-state index is 13.8. The summed E-state index contributed by atoms with van der Waals surface area (Å²) in [4.78, 5) is 0. The normalized spacial score (nSPS) is 10.6. The Kier molecular flexibility index (Phi) is 3.81. The van der Waals surface area contributed by atoms with Gasteiger partial charge in [-0.1, -0.05) is 12.1 Å². The monoisotopic (exact) mass is 263 g/mol. The third-order valence-corrected chi connectivity index (χ3v) is 3.04. The summed E-state index contributed by atoms with van der Waals surface area (Å²) in [6.07, 6.45) is 0. The summed E-state index contributed by atoms with van der Waals surface area (Å²) in [6.45, 7) is 2.12. The maximum absolute atomic E-state index is 13.8. The predicted octanol–water partition coefficient (Wildman–Crippen LogP) is 3.41. The van der Waals surface area contributed by atoms with Crippen LogP contribution in [0.4, 0.5) is 8.78 Å². The van der Waals surface area contributed by atoms with E-state index in [-0.39, 0.29) is 12.1 Å². The van der Waals surface area contributed by atoms with Gasteiger partial charge in [0.15, 0.2) is 11.6 Å². The molecule has 0 bridgehead atoms. The molecule has 0 aliphatic carbocycles. The highest BCUT2D eigenvalue weighted by Crippen LogP contribution is 2.32. The molecule has 0 saturated carbocycles. The highest BCUT2D eigenvalue weighted by Gasteiger charge is 2.13. The molecule has 0 heterocycles. The molecular formula is C15H15F2NO. The van der Waals surface area contributed by atoms with Crippen molar-refractivity contribution in [2.45, 2.75) is 13.5 Å². The Morgan fingerprint density at radius 2 is 1.95 bits per heavy atom. The summed E-state index contributed by atoms with van der Waals surface area (Å²) in [5.74, 6) is -1.03. The van der Waals surface area contributed by atoms with Crippen LogP contribution in [0.15, 0.2) is 30.3 Å². The van der Waals surface area contributed by atoms with E-state index in [0.717, 1.165) is 17.2 Å². The SMILES string of the molecule is COc1c(C)cc(-c2cccc(F)c2F)cc1CN. The van der Waals surface area contributed by atoms with Gasteiger partial charge >= 0.3 is 0 Å². The summed E-state index contributed by atoms with van der Waals surface area (Å²) in [5.41, 5.74) is 8.08. The summed E-state index contributed by atoms with van der Waals surface area (Å²) in [7, 11) is 1.56. The van der Waals surface area contributed by atoms with Crippen LogP contribution in [-0.4, -0.2) is 7.11 Å². The number of nitrogens with two attached hydrogens (primary N) is 1. The molecule has 4 heteroatoms. The Bertz CT molecular complexity index is 611. The van der Waals surface area contributed by atoms with Gasteiger partial charge in [0.2, 0.25) is 0 Å². The molecular weight excluding hydrogens is 248 g/mol. The van der Waals surface area contributed by atoms with Gasteiger partial charge in [0.05, 0.1) is 7.11 Å². The van der Waals surface area contributed by atoms with Crippen LogP contribution in [0.2, 0.25) is 0 Å². The number of aryl methyl sites for hydroxylation is 1. The van der Waals surface area contributed by atoms with Gasteiger partial charge in [-0.2, -0.15) is 0 Å². The van der Waals surface area contributed by atoms with E-state index in [2.05, 4.69) is 0 Å². The molecule has 0 amide bonds. The molecule has 0 aliphatic rings. The molecule has 0 unspecified atom stereocenters. The van der Waals surface area contributed by atoms with Crippen LogP contribution >= 0.6 is 0 Å². The van der Waals surface area contributed by atoms with Gasteiger partial charge in [0.1, 0.15) is 5.75 Å². The number of methoxy groups -OCH3 is 1. The van der Waals surface area contributed by atoms with Gasteiger partial charge < -0.3 is 10.5 Å². The van der Waals surface area contributed by atoms with Crippen LogP contribution < -0.4 is 10.5 Å². The number of hydrogen-bond acceptors (Lipinski definition) is 2. The van der Waals surface area contributed by atoms with Crippen molar-refractivity contribution < 1.29 is 13.5 Å². The number of hydrogen-bond donors (Lipinski definition) is 1. The van der Waals surface area contributed by atoms with Crippen molar-refractivity contribution in [2.24, 2.45) is 5.73 Å². The lowest BCUT2D eigenvalue weighted by Gasteiger charge is -2.13. The van der Waals surface area contributed by atoms with E-state index >= 15 is 0 Å². The zero-order valence-corrected chi connectivity index (χ0v) is 10.8. The second kappa shape index (κ2) is 5.36. The average molecular weight is 263 g/mol. The maximum Gasteiger partial charge on any atom is 0.166 e. The molecule has 2 nitrogen and oxygen atoms in total. The number of benzene rings is 2. The Hall–Kier alpha value is -1.94. The van der Waals surface area contributed by atoms with Crippen molar-refractivity contribution in [3.8, 4) is 16.9 Å². The van der Waals surface area contributed by atoms with E-state index in [1.807, 2.05) is 6.92 Å². The van der Waals surface area contributed by atoms with Crippen molar-refractivity contribution in [3.63, 3.8) is 0 Å². The standard InChI is InChI=1S/C15H15F2NO/c1-9-6-10(7-11(8-18)15(9)19-2)12-4-3-5-13(16)14(12)17/h3-7H,8,18H2,1-2H3. The lowest BCUT2D eigenvalue weighted by atomic mass is 9.98. The van der Waals surface area contributed by atoms with Gasteiger partial charge in [0.25, 0.3) is 0 Å². The summed E-state index contributed by atoms with van der Waals surface area (Å²) in [5, 5.41) is 0. The predicted molar refractivity (Wildman–Crippen MR) is 71.0 cm³/mol. The van der Waals surface area contributed by atoms with Crippen LogP contribution in [0.5, 0.6) is 5.75 Å². The lowest BCUT2D eigenvalue weighted by molar-refractivity contribution is 0.407. The fourth-order valence-corrected chi connectivity index (χ4v) is 2.17. The van der Waals surface area contributed by atoms with Gasteiger partial charge in [-0.15, -0.1) is 0 Å². The van der Waals surface area contributed by atoms with Crippen molar-refractivity contribution >= 4 is 0 Å². The first-order valence-electron chi connectivity index (χ1n) is 5.90. The Morgan fingerprint density at radius 1 is 1.21 bits per heavy atom. The Balaban J connectivity index is 2.63. The van der Waals surface area contributed by atoms with Crippen molar-refractivity contribution in [2.75, 3.05) is 7.11 Å². The van der Waals surface area contributed by atoms with E-state index in [1.165, 1.54) is 6.07 Å². The smallest absolute Gasteiger partial charge is 0.166 e. The molecule has 2 rings (SSSR count). The third kappa shape index (κ3) is 2.44. The average Bonchev–Trinajstić information content (AvgIpc) is 2.40. The summed E-state index contributed by atoms with van der Waals surface area (Å²) >= 11 is 0. The molecule has 0 fully saturated rings. The zero-order chi connectivity index (χ0) is 14.0. The molecule has 2 aromatic carbocycles. The first-order chi connectivity index (χ1) is 9.08. The van der Waals surface area contributed by atoms with Crippen molar-refractivity contribution in [1.29, 1.82) is 0 Å². The second-order valence-corrected chi connectivity index (χ2v) is 4.29. The van der Waals surface area contributed by atoms with Crippen LogP contribution in [0.25, 0.3) is 11.1 Å². The van der Waals surface area contributed by atoms with E-state index < -0.39 is 11.6 Å². The molecule has 0 aliphatic heterocycles. The summed E-state index contributed by atoms with van der Waals surface area (Å²) < 4.78 is 32.3. The first-order valence-corrected chi connectivity index (χ1v) is 5.90. The van der Waals surface area contributed by atoms with E-state index in [9.17, 15) is 8.78 Å². The number of rotatable bonds is 3. The second-order valence-electron chi connectivity index (χ2n) is 4.29. The quantitative estimate of drug-likeness (QED) is 0.921. The molecule has 19 heavy (non-hydrogen) atoms. The highest BCUT2D eigenvalue weighted by atomic mass is 19.2. The molecule has 100 valence electrons. The van der Waals surface area contributed by atoms with Crippen molar-refractivity contribution in [1.82, 2.24) is 0 Å². The fourth-order valence-electron chi connectivity index (χ4n) is 2.17. The molecule has 0 radical (unpaired) electrons. The van der Waals surface area contributed by atoms with Crippen LogP contribution in [0.1, 0.15) is 11.1 Å². The highest BCUT2D eigenvalue weighted by molar-refractivity contribution is 5.68. The molecule has 0 saturated heterocycles. The molecule has 0 aromatic heterocycles. The molecule has 2 aromatic rings. The van der Waals surface area contributed by atoms with E-state index in [0.29, 0.717) is 11.3 Å². The summed E-state index contributed by atoms with van der Waals surface area (Å²) in [6, 6.07) is 7.61. The lowest BCUT2D eigenvalue weighted by Crippen LogP contribution is -2.02. The molecule has 2 N–H and O–H groups in total. The first kappa shape index (κ1) is 13.5. The minimum absolute atomic E-state index is 0.223. The third-order valence-electron chi connectivity index (χ3n) is 3.04. The minimum Gasteiger partial charge on any atom is -0.496 e. The Labute approximate surface area is 110 Å². The molecule has 0 atom stereocenters. The van der Waals surface area contributed by atoms with Crippen LogP contribution in [0, 0.1) is 18.6 Å². The zero-order valence-electron chi connectivity index (χ0n) is 10.8. The topological polar surface area (TPSA) is 35.2 Å². The van der Waals surface area contributed by atoms with E-state index in [1.54, 1.807) is 25.3 Å². The molecule has 0 spiro atoms. The van der Waals surface area contributed by atoms with Gasteiger partial charge in [-0.3, -0.25) is 0 Å². The fraction of sp³-hybridized carbons (Fsp3) is 0.200. The van der Waals surface area contributed by atoms with E-state index in [4.69, 9.17) is 10.5 Å². The van der Waals surface area contributed by atoms with Gasteiger partial charge in [-0.05, 0) is 36.2 Å². The van der Waals surface area contributed by atoms with Gasteiger partial charge in [0, 0.05) is 17.7 Å². The van der Waals surface area contributed by atoms with Crippen LogP contribution in [0.3, 0.4) is 0 Å². The van der Waals surface area contributed by atoms with Crippen molar-refractivity contribution in [3.05, 3.63) is 53.1 Å². The number of ether oxygens (including phenoxy) is 1. The van der Waals surface area contributed by atoms with Gasteiger partial charge in [-0.25, -0.2) is 8.78 Å². The van der Waals surface area contributed by atoms with Crippen LogP contribution in [-0.2, 0) is 6.54 Å².